The zero-order valence-electron chi connectivity index (χ0n) is 29.9. The van der Waals surface area contributed by atoms with E-state index in [2.05, 4.69) is 43.9 Å². The number of ether oxygens (including phenoxy) is 2. The second kappa shape index (κ2) is 16.2. The molecule has 0 bridgehead atoms. The first-order valence-electron chi connectivity index (χ1n) is 17.6. The first kappa shape index (κ1) is 37.2. The van der Waals surface area contributed by atoms with Gasteiger partial charge < -0.3 is 20.5 Å². The lowest BCUT2D eigenvalue weighted by Crippen LogP contribution is -2.60. The maximum Gasteiger partial charge on any atom is 0.410 e. The van der Waals surface area contributed by atoms with E-state index >= 15 is 0 Å². The minimum atomic E-state index is -1.12. The highest BCUT2D eigenvalue weighted by atomic mass is 16.6. The summed E-state index contributed by atoms with van der Waals surface area (Å²) in [6, 6.07) is 6.97. The van der Waals surface area contributed by atoms with Crippen LogP contribution >= 0.6 is 0 Å². The lowest BCUT2D eigenvalue weighted by atomic mass is 9.63. The van der Waals surface area contributed by atoms with Gasteiger partial charge in [-0.15, -0.1) is 11.7 Å². The number of benzene rings is 1. The number of nitrogens with two attached hydrogens (primary N) is 1. The maximum atomic E-state index is 13.6. The molecule has 11 nitrogen and oxygen atoms in total. The van der Waals surface area contributed by atoms with Crippen molar-refractivity contribution in [2.75, 3.05) is 18.8 Å². The highest BCUT2D eigenvalue weighted by Gasteiger charge is 2.58. The van der Waals surface area contributed by atoms with Gasteiger partial charge in [0, 0.05) is 36.3 Å². The molecule has 0 spiro atoms. The summed E-state index contributed by atoms with van der Waals surface area (Å²) < 4.78 is 14.1. The smallest absolute Gasteiger partial charge is 0.410 e. The topological polar surface area (TPSA) is 142 Å². The molecule has 2 aliphatic rings. The van der Waals surface area contributed by atoms with Crippen LogP contribution < -0.4 is 11.1 Å². The molecule has 2 fully saturated rings. The second-order valence-electron chi connectivity index (χ2n) is 14.3. The highest BCUT2D eigenvalue weighted by molar-refractivity contribution is 6.15. The Labute approximate surface area is 286 Å². The quantitative estimate of drug-likeness (QED) is 0.0978. The number of aromatic nitrogens is 3. The number of aryl methyl sites for hydroxylation is 1. The van der Waals surface area contributed by atoms with Crippen molar-refractivity contribution < 1.29 is 23.9 Å². The number of nitrogens with zero attached hydrogens (tertiary/aromatic N) is 4. The van der Waals surface area contributed by atoms with Crippen molar-refractivity contribution in [3.05, 3.63) is 43.1 Å². The summed E-state index contributed by atoms with van der Waals surface area (Å²) >= 11 is 0. The van der Waals surface area contributed by atoms with E-state index in [-0.39, 0.29) is 29.5 Å². The van der Waals surface area contributed by atoms with E-state index in [9.17, 15) is 14.4 Å². The minimum Gasteiger partial charge on any atom is -0.458 e. The van der Waals surface area contributed by atoms with Crippen LogP contribution in [0.3, 0.4) is 0 Å². The molecule has 0 saturated carbocycles. The third-order valence-corrected chi connectivity index (χ3v) is 10.7. The standard InChI is InChI=1S/C36H55BN6O5/c1-8-13-27-18-22(3)20-39-25(6)33-36(7,30(9-2)47-34(45)24(5)32(44)23(4)31(27)37)48-35(46)43(33)17-11-10-16-42-21-29(40-41-42)26-14-12-15-28(38)19-26/h8,12,14-15,19,21-25,27,30-31,33,39H,1,9-11,13,16-18,20,37-38H2,2-7H3/t22-,23-,24-,25-,27+,30-,31-,33-,36-/m1/s1. The predicted octanol–water partition coefficient (Wildman–Crippen LogP) is 4.68. The third-order valence-electron chi connectivity index (χ3n) is 10.7. The van der Waals surface area contributed by atoms with Crippen molar-refractivity contribution in [3.63, 3.8) is 0 Å². The summed E-state index contributed by atoms with van der Waals surface area (Å²) in [5.41, 5.74) is 7.14. The molecule has 3 heterocycles. The van der Waals surface area contributed by atoms with E-state index < -0.39 is 35.7 Å². The van der Waals surface area contributed by atoms with Gasteiger partial charge in [0.2, 0.25) is 0 Å². The number of rotatable bonds is 9. The van der Waals surface area contributed by atoms with E-state index in [1.165, 1.54) is 0 Å². The molecule has 3 N–H and O–H groups in total. The third kappa shape index (κ3) is 8.30. The van der Waals surface area contributed by atoms with Gasteiger partial charge in [-0.1, -0.05) is 50.0 Å². The van der Waals surface area contributed by atoms with Gasteiger partial charge in [0.25, 0.3) is 0 Å². The number of hydrogen-bond acceptors (Lipinski definition) is 9. The Morgan fingerprint density at radius 3 is 2.58 bits per heavy atom. The molecule has 1 aromatic heterocycles. The van der Waals surface area contributed by atoms with Gasteiger partial charge in [-0.2, -0.15) is 0 Å². The number of hydrogen-bond donors (Lipinski definition) is 2. The fourth-order valence-electron chi connectivity index (χ4n) is 7.64. The van der Waals surface area contributed by atoms with Gasteiger partial charge in [0.15, 0.2) is 5.60 Å². The number of esters is 1. The summed E-state index contributed by atoms with van der Waals surface area (Å²) in [6.07, 6.45) is 6.26. The molecule has 1 aromatic carbocycles. The molecular weight excluding hydrogens is 607 g/mol. The van der Waals surface area contributed by atoms with Crippen LogP contribution in [0.1, 0.15) is 73.6 Å². The molecule has 0 aliphatic carbocycles. The van der Waals surface area contributed by atoms with Crippen molar-refractivity contribution in [3.8, 4) is 11.3 Å². The van der Waals surface area contributed by atoms with Crippen molar-refractivity contribution in [2.24, 2.45) is 23.7 Å². The van der Waals surface area contributed by atoms with Crippen molar-refractivity contribution in [1.29, 1.82) is 0 Å². The number of anilines is 1. The van der Waals surface area contributed by atoms with Crippen molar-refractivity contribution in [2.45, 2.75) is 110 Å². The summed E-state index contributed by atoms with van der Waals surface area (Å²) in [4.78, 5) is 42.5. The monoisotopic (exact) mass is 662 g/mol. The summed E-state index contributed by atoms with van der Waals surface area (Å²) in [6.45, 7) is 17.4. The molecule has 4 rings (SSSR count). The first-order valence-corrected chi connectivity index (χ1v) is 17.6. The van der Waals surface area contributed by atoms with Gasteiger partial charge in [0.1, 0.15) is 31.3 Å². The lowest BCUT2D eigenvalue weighted by Gasteiger charge is -2.40. The number of unbranched alkanes of at least 4 members (excludes halogenated alkanes) is 1. The number of allylic oxidation sites excluding steroid dienone is 1. The number of Topliss-reactive ketones (excluding diaryl/α,β-unsaturated/α-hetero) is 1. The maximum absolute atomic E-state index is 13.6. The largest absolute Gasteiger partial charge is 0.458 e. The summed E-state index contributed by atoms with van der Waals surface area (Å²) in [5.74, 6) is -1.30. The number of nitrogens with one attached hydrogen (secondary N) is 1. The van der Waals surface area contributed by atoms with Crippen LogP contribution in [0.15, 0.2) is 43.1 Å². The van der Waals surface area contributed by atoms with E-state index in [0.717, 1.165) is 37.1 Å². The zero-order chi connectivity index (χ0) is 35.2. The molecule has 0 radical (unpaired) electrons. The van der Waals surface area contributed by atoms with Crippen LogP contribution in [0.2, 0.25) is 5.82 Å². The first-order chi connectivity index (χ1) is 22.8. The second-order valence-corrected chi connectivity index (χ2v) is 14.3. The zero-order valence-corrected chi connectivity index (χ0v) is 29.9. The van der Waals surface area contributed by atoms with Crippen LogP contribution in [0.25, 0.3) is 11.3 Å². The van der Waals surface area contributed by atoms with Crippen molar-refractivity contribution in [1.82, 2.24) is 25.2 Å². The van der Waals surface area contributed by atoms with Gasteiger partial charge in [0.05, 0.1) is 12.2 Å². The number of carbonyl (C=O) groups excluding carboxylic acids is 3. The van der Waals surface area contributed by atoms with Gasteiger partial charge >= 0.3 is 12.1 Å². The van der Waals surface area contributed by atoms with E-state index in [1.807, 2.05) is 57.3 Å². The Morgan fingerprint density at radius 1 is 1.17 bits per heavy atom. The Hall–Kier alpha value is -3.67. The molecule has 2 aromatic rings. The number of ketones is 1. The molecule has 262 valence electrons. The van der Waals surface area contributed by atoms with Crippen molar-refractivity contribution >= 4 is 31.4 Å². The average Bonchev–Trinajstić information content (AvgIpc) is 3.64. The predicted molar refractivity (Wildman–Crippen MR) is 190 cm³/mol. The van der Waals surface area contributed by atoms with Gasteiger partial charge in [-0.3, -0.25) is 19.2 Å². The Balaban J connectivity index is 1.53. The highest BCUT2D eigenvalue weighted by Crippen LogP contribution is 2.39. The molecule has 0 unspecified atom stereocenters. The fraction of sp³-hybridized carbons (Fsp3) is 0.639. The lowest BCUT2D eigenvalue weighted by molar-refractivity contribution is -0.170. The molecular formula is C36H55BN6O5. The van der Waals surface area contributed by atoms with Gasteiger partial charge in [-0.05, 0) is 83.4 Å². The summed E-state index contributed by atoms with van der Waals surface area (Å²) in [5, 5.41) is 12.3. The van der Waals surface area contributed by atoms with Crippen LogP contribution in [-0.4, -0.2) is 82.5 Å². The Kier molecular flexibility index (Phi) is 12.5. The molecule has 2 saturated heterocycles. The number of fused-ring (bicyclic) bond motifs is 1. The Bertz CT molecular complexity index is 1430. The number of carbonyl (C=O) groups is 3. The molecule has 48 heavy (non-hydrogen) atoms. The van der Waals surface area contributed by atoms with E-state index in [4.69, 9.17) is 15.2 Å². The van der Waals surface area contributed by atoms with Crippen LogP contribution in [-0.2, 0) is 25.6 Å². The van der Waals surface area contributed by atoms with Gasteiger partial charge in [-0.25, -0.2) is 4.79 Å². The van der Waals surface area contributed by atoms with Crippen LogP contribution in [0.4, 0.5) is 10.5 Å². The van der Waals surface area contributed by atoms with Crippen LogP contribution in [0, 0.1) is 23.7 Å². The normalized spacial score (nSPS) is 32.1. The number of nitrogen functional groups attached to an aromatic ring is 1. The fourth-order valence-corrected chi connectivity index (χ4v) is 7.64. The van der Waals surface area contributed by atoms with E-state index in [1.54, 1.807) is 16.5 Å². The number of cyclic esters (lactones) is 1. The average molecular weight is 663 g/mol. The number of amides is 1. The molecule has 1 amide bonds. The summed E-state index contributed by atoms with van der Waals surface area (Å²) in [7, 11) is 2.11. The molecule has 12 heteroatoms. The van der Waals surface area contributed by atoms with Crippen LogP contribution in [0.5, 0.6) is 0 Å². The molecule has 9 atom stereocenters. The Morgan fingerprint density at radius 2 is 1.90 bits per heavy atom. The SMILES string of the molecule is B[C@H]1[C@@H](CC=C)C[C@@H](C)CN[C@H](C)[C@H]2N(CCCCn3cc(-c4cccc(N)c4)nn3)C(=O)O[C@]2(C)[C@@H](CC)OC(=O)[C@H](C)C(=O)[C@@H]1C. The van der Waals surface area contributed by atoms with E-state index in [0.29, 0.717) is 37.5 Å². The minimum absolute atomic E-state index is 0.0762. The molecule has 2 aliphatic heterocycles.